The van der Waals surface area contributed by atoms with Crippen LogP contribution in [0.2, 0.25) is 0 Å². The van der Waals surface area contributed by atoms with Gasteiger partial charge >= 0.3 is 0 Å². The zero-order valence-electron chi connectivity index (χ0n) is 14.5. The van der Waals surface area contributed by atoms with Crippen LogP contribution in [0.4, 0.5) is 0 Å². The highest BCUT2D eigenvalue weighted by atomic mass is 16.5. The van der Waals surface area contributed by atoms with E-state index in [9.17, 15) is 4.79 Å². The Labute approximate surface area is 147 Å². The second kappa shape index (κ2) is 6.82. The highest BCUT2D eigenvalue weighted by molar-refractivity contribution is 5.82. The van der Waals surface area contributed by atoms with E-state index in [2.05, 4.69) is 20.2 Å². The summed E-state index contributed by atoms with van der Waals surface area (Å²) in [7, 11) is 1.61. The molecule has 1 saturated heterocycles. The van der Waals surface area contributed by atoms with Gasteiger partial charge in [-0.25, -0.2) is 4.68 Å². The lowest BCUT2D eigenvalue weighted by molar-refractivity contribution is -0.133. The third kappa shape index (κ3) is 3.10. The molecule has 0 N–H and O–H groups in total. The summed E-state index contributed by atoms with van der Waals surface area (Å²) >= 11 is 0. The van der Waals surface area contributed by atoms with Crippen molar-refractivity contribution in [1.29, 1.82) is 0 Å². The average molecular weight is 341 g/mol. The Morgan fingerprint density at radius 1 is 1.16 bits per heavy atom. The van der Waals surface area contributed by atoms with Crippen LogP contribution in [0.3, 0.4) is 0 Å². The molecular weight excluding hydrogens is 318 g/mol. The molecule has 2 aliphatic rings. The van der Waals surface area contributed by atoms with E-state index >= 15 is 0 Å². The van der Waals surface area contributed by atoms with Gasteiger partial charge in [-0.1, -0.05) is 24.5 Å². The summed E-state index contributed by atoms with van der Waals surface area (Å²) in [5, 5.41) is 8.44. The Hall–Kier alpha value is -2.44. The molecule has 0 spiro atoms. The third-order valence-corrected chi connectivity index (χ3v) is 5.30. The molecule has 1 atom stereocenters. The lowest BCUT2D eigenvalue weighted by Gasteiger charge is -2.31. The Morgan fingerprint density at radius 2 is 2.00 bits per heavy atom. The topological polar surface area (TPSA) is 73.1 Å². The Kier molecular flexibility index (Phi) is 4.38. The standard InChI is InChI=1S/C18H23N5O2/c1-25-15-9-13(10-19-11-15)16-12-23(21-20-16)17-7-8-22(18(17)24)14-5-3-2-4-6-14/h9-12,14,17H,2-8H2,1H3. The zero-order valence-corrected chi connectivity index (χ0v) is 14.5. The summed E-state index contributed by atoms with van der Waals surface area (Å²) in [4.78, 5) is 19.1. The maximum Gasteiger partial charge on any atom is 0.247 e. The summed E-state index contributed by atoms with van der Waals surface area (Å²) in [6.45, 7) is 0.823. The molecule has 1 amide bonds. The van der Waals surface area contributed by atoms with Crippen molar-refractivity contribution in [3.8, 4) is 17.0 Å². The lowest BCUT2D eigenvalue weighted by Crippen LogP contribution is -2.39. The normalized spacial score (nSPS) is 21.7. The molecule has 1 unspecified atom stereocenters. The second-order valence-corrected chi connectivity index (χ2v) is 6.83. The van der Waals surface area contributed by atoms with Gasteiger partial charge < -0.3 is 9.64 Å². The smallest absolute Gasteiger partial charge is 0.247 e. The predicted octanol–water partition coefficient (Wildman–Crippen LogP) is 2.45. The van der Waals surface area contributed by atoms with Gasteiger partial charge in [0.05, 0.1) is 19.5 Å². The molecule has 0 radical (unpaired) electrons. The Balaban J connectivity index is 1.51. The van der Waals surface area contributed by atoms with E-state index < -0.39 is 0 Å². The van der Waals surface area contributed by atoms with E-state index in [1.54, 1.807) is 24.2 Å². The summed E-state index contributed by atoms with van der Waals surface area (Å²) in [5.41, 5.74) is 1.54. The average Bonchev–Trinajstić information content (AvgIpc) is 3.29. The van der Waals surface area contributed by atoms with Gasteiger partial charge in [-0.05, 0) is 25.3 Å². The number of ether oxygens (including phenoxy) is 1. The molecule has 3 heterocycles. The zero-order chi connectivity index (χ0) is 17.2. The minimum atomic E-state index is -0.234. The third-order valence-electron chi connectivity index (χ3n) is 5.30. The van der Waals surface area contributed by atoms with Crippen molar-refractivity contribution < 1.29 is 9.53 Å². The van der Waals surface area contributed by atoms with E-state index in [0.717, 1.165) is 31.4 Å². The predicted molar refractivity (Wildman–Crippen MR) is 92.0 cm³/mol. The summed E-state index contributed by atoms with van der Waals surface area (Å²) in [6, 6.07) is 2.05. The first-order chi connectivity index (χ1) is 12.3. The Morgan fingerprint density at radius 3 is 2.80 bits per heavy atom. The number of carbonyl (C=O) groups excluding carboxylic acids is 1. The fraction of sp³-hybridized carbons (Fsp3) is 0.556. The van der Waals surface area contributed by atoms with Gasteiger partial charge in [0.25, 0.3) is 0 Å². The van der Waals surface area contributed by atoms with Crippen LogP contribution in [0.25, 0.3) is 11.3 Å². The molecule has 0 bridgehead atoms. The molecule has 1 saturated carbocycles. The number of hydrogen-bond acceptors (Lipinski definition) is 5. The van der Waals surface area contributed by atoms with Crippen LogP contribution in [-0.4, -0.2) is 50.5 Å². The molecule has 1 aliphatic carbocycles. The number of rotatable bonds is 4. The van der Waals surface area contributed by atoms with Crippen molar-refractivity contribution in [2.75, 3.05) is 13.7 Å². The maximum atomic E-state index is 12.9. The summed E-state index contributed by atoms with van der Waals surface area (Å²) < 4.78 is 6.91. The number of likely N-dealkylation sites (tertiary alicyclic amines) is 1. The van der Waals surface area contributed by atoms with Crippen LogP contribution in [0.15, 0.2) is 24.7 Å². The van der Waals surface area contributed by atoms with Gasteiger partial charge in [0.15, 0.2) is 0 Å². The molecule has 7 nitrogen and oxygen atoms in total. The number of methoxy groups -OCH3 is 1. The molecule has 2 aromatic heterocycles. The van der Waals surface area contributed by atoms with E-state index in [4.69, 9.17) is 4.74 Å². The van der Waals surface area contributed by atoms with Crippen molar-refractivity contribution >= 4 is 5.91 Å². The lowest BCUT2D eigenvalue weighted by atomic mass is 9.94. The number of carbonyl (C=O) groups is 1. The Bertz CT molecular complexity index is 753. The van der Waals surface area contributed by atoms with Crippen molar-refractivity contribution in [2.45, 2.75) is 50.6 Å². The van der Waals surface area contributed by atoms with E-state index in [1.165, 1.54) is 19.3 Å². The van der Waals surface area contributed by atoms with Crippen molar-refractivity contribution in [2.24, 2.45) is 0 Å². The van der Waals surface area contributed by atoms with E-state index in [0.29, 0.717) is 17.5 Å². The number of nitrogens with zero attached hydrogens (tertiary/aromatic N) is 5. The number of hydrogen-bond donors (Lipinski definition) is 0. The van der Waals surface area contributed by atoms with Crippen LogP contribution in [0.5, 0.6) is 5.75 Å². The van der Waals surface area contributed by atoms with Gasteiger partial charge in [0.1, 0.15) is 17.5 Å². The number of amides is 1. The largest absolute Gasteiger partial charge is 0.495 e. The quantitative estimate of drug-likeness (QED) is 0.854. The second-order valence-electron chi connectivity index (χ2n) is 6.83. The van der Waals surface area contributed by atoms with Crippen molar-refractivity contribution in [3.05, 3.63) is 24.7 Å². The summed E-state index contributed by atoms with van der Waals surface area (Å²) in [6.07, 6.45) is 12.0. The maximum absolute atomic E-state index is 12.9. The molecule has 25 heavy (non-hydrogen) atoms. The fourth-order valence-corrected chi connectivity index (χ4v) is 3.92. The monoisotopic (exact) mass is 341 g/mol. The van der Waals surface area contributed by atoms with Gasteiger partial charge in [-0.3, -0.25) is 9.78 Å². The van der Waals surface area contributed by atoms with Crippen LogP contribution in [0.1, 0.15) is 44.6 Å². The van der Waals surface area contributed by atoms with Gasteiger partial charge in [0, 0.05) is 24.3 Å². The molecule has 2 aromatic rings. The van der Waals surface area contributed by atoms with Crippen LogP contribution in [0, 0.1) is 0 Å². The van der Waals surface area contributed by atoms with Gasteiger partial charge in [-0.15, -0.1) is 5.10 Å². The molecule has 1 aliphatic heterocycles. The molecule has 7 heteroatoms. The van der Waals surface area contributed by atoms with Crippen molar-refractivity contribution in [3.63, 3.8) is 0 Å². The highest BCUT2D eigenvalue weighted by Crippen LogP contribution is 2.31. The highest BCUT2D eigenvalue weighted by Gasteiger charge is 2.37. The molecule has 132 valence electrons. The molecule has 4 rings (SSSR count). The molecule has 0 aromatic carbocycles. The van der Waals surface area contributed by atoms with Gasteiger partial charge in [0.2, 0.25) is 5.91 Å². The number of pyridine rings is 1. The summed E-state index contributed by atoms with van der Waals surface area (Å²) in [5.74, 6) is 0.861. The van der Waals surface area contributed by atoms with E-state index in [1.807, 2.05) is 12.3 Å². The first-order valence-corrected chi connectivity index (χ1v) is 8.98. The van der Waals surface area contributed by atoms with Gasteiger partial charge in [-0.2, -0.15) is 0 Å². The van der Waals surface area contributed by atoms with Crippen LogP contribution >= 0.6 is 0 Å². The van der Waals surface area contributed by atoms with Crippen LogP contribution in [-0.2, 0) is 4.79 Å². The number of aromatic nitrogens is 4. The SMILES string of the molecule is COc1cncc(-c2cn(C3CCN(C4CCCCC4)C3=O)nn2)c1. The van der Waals surface area contributed by atoms with Crippen molar-refractivity contribution in [1.82, 2.24) is 24.9 Å². The first kappa shape index (κ1) is 16.1. The van der Waals surface area contributed by atoms with E-state index in [-0.39, 0.29) is 11.9 Å². The van der Waals surface area contributed by atoms with Crippen LogP contribution < -0.4 is 4.74 Å². The minimum absolute atomic E-state index is 0.187. The fourth-order valence-electron chi connectivity index (χ4n) is 3.92. The first-order valence-electron chi connectivity index (χ1n) is 8.98. The minimum Gasteiger partial charge on any atom is -0.495 e. The molecular formula is C18H23N5O2. The molecule has 2 fully saturated rings.